The zero-order valence-electron chi connectivity index (χ0n) is 9.78. The van der Waals surface area contributed by atoms with E-state index >= 15 is 0 Å². The molecule has 16 heavy (non-hydrogen) atoms. The van der Waals surface area contributed by atoms with E-state index in [1.807, 2.05) is 0 Å². The molecule has 0 bridgehead atoms. The standard InChI is InChI=1S/C11H17NO4/c1-5-7-6-15-9(13)8(7)12-10(14)16-11(2,3)4/h5,7-8H,1,6H2,2-4H3,(H,12,14). The quantitative estimate of drug-likeness (QED) is 0.569. The van der Waals surface area contributed by atoms with Gasteiger partial charge in [0.1, 0.15) is 18.2 Å². The lowest BCUT2D eigenvalue weighted by atomic mass is 10.0. The Morgan fingerprint density at radius 1 is 1.62 bits per heavy atom. The number of hydrogen-bond donors (Lipinski definition) is 1. The molecule has 0 radical (unpaired) electrons. The molecular formula is C11H17NO4. The van der Waals surface area contributed by atoms with Crippen LogP contribution in [0.1, 0.15) is 20.8 Å². The molecule has 5 nitrogen and oxygen atoms in total. The Morgan fingerprint density at radius 3 is 2.75 bits per heavy atom. The van der Waals surface area contributed by atoms with Crippen molar-refractivity contribution in [1.82, 2.24) is 5.32 Å². The Balaban J connectivity index is 2.56. The van der Waals surface area contributed by atoms with Gasteiger partial charge < -0.3 is 14.8 Å². The molecule has 1 N–H and O–H groups in total. The Kier molecular flexibility index (Phi) is 3.57. The summed E-state index contributed by atoms with van der Waals surface area (Å²) in [5.41, 5.74) is -0.587. The summed E-state index contributed by atoms with van der Waals surface area (Å²) >= 11 is 0. The second kappa shape index (κ2) is 4.55. The highest BCUT2D eigenvalue weighted by atomic mass is 16.6. The van der Waals surface area contributed by atoms with Gasteiger partial charge in [0.15, 0.2) is 0 Å². The molecule has 0 aromatic carbocycles. The van der Waals surface area contributed by atoms with Gasteiger partial charge in [-0.3, -0.25) is 0 Å². The number of carbonyl (C=O) groups excluding carboxylic acids is 2. The van der Waals surface area contributed by atoms with Crippen LogP contribution in [0.4, 0.5) is 4.79 Å². The van der Waals surface area contributed by atoms with Gasteiger partial charge in [0.05, 0.1) is 0 Å². The van der Waals surface area contributed by atoms with Crippen LogP contribution in [-0.4, -0.2) is 30.3 Å². The van der Waals surface area contributed by atoms with E-state index < -0.39 is 23.7 Å². The van der Waals surface area contributed by atoms with Crippen molar-refractivity contribution < 1.29 is 19.1 Å². The average molecular weight is 227 g/mol. The summed E-state index contributed by atoms with van der Waals surface area (Å²) in [6.45, 7) is 9.10. The van der Waals surface area contributed by atoms with E-state index in [1.165, 1.54) is 0 Å². The molecule has 0 spiro atoms. The maximum absolute atomic E-state index is 11.4. The smallest absolute Gasteiger partial charge is 0.408 e. The SMILES string of the molecule is C=CC1COC(=O)C1NC(=O)OC(C)(C)C. The van der Waals surface area contributed by atoms with Crippen LogP contribution < -0.4 is 5.32 Å². The lowest BCUT2D eigenvalue weighted by molar-refractivity contribution is -0.139. The molecule has 1 fully saturated rings. The van der Waals surface area contributed by atoms with Crippen LogP contribution in [0.5, 0.6) is 0 Å². The molecule has 1 amide bonds. The monoisotopic (exact) mass is 227 g/mol. The first-order valence-corrected chi connectivity index (χ1v) is 5.12. The van der Waals surface area contributed by atoms with Gasteiger partial charge in [-0.05, 0) is 20.8 Å². The van der Waals surface area contributed by atoms with Crippen molar-refractivity contribution in [2.24, 2.45) is 5.92 Å². The fourth-order valence-corrected chi connectivity index (χ4v) is 1.34. The van der Waals surface area contributed by atoms with E-state index in [0.29, 0.717) is 0 Å². The van der Waals surface area contributed by atoms with Gasteiger partial charge in [0.25, 0.3) is 0 Å². The molecule has 0 saturated carbocycles. The summed E-state index contributed by atoms with van der Waals surface area (Å²) in [7, 11) is 0. The molecule has 1 rings (SSSR count). The molecule has 0 aromatic rings. The van der Waals surface area contributed by atoms with Crippen LogP contribution in [0.15, 0.2) is 12.7 Å². The van der Waals surface area contributed by atoms with Crippen molar-refractivity contribution in [3.05, 3.63) is 12.7 Å². The number of cyclic esters (lactones) is 1. The molecule has 2 unspecified atom stereocenters. The molecule has 1 saturated heterocycles. The minimum atomic E-state index is -0.688. The summed E-state index contributed by atoms with van der Waals surface area (Å²) in [6.07, 6.45) is 0.968. The molecule has 0 aliphatic carbocycles. The van der Waals surface area contributed by atoms with Crippen LogP contribution in [0, 0.1) is 5.92 Å². The van der Waals surface area contributed by atoms with Gasteiger partial charge in [0, 0.05) is 5.92 Å². The molecule has 1 heterocycles. The van der Waals surface area contributed by atoms with Crippen molar-refractivity contribution >= 4 is 12.1 Å². The number of carbonyl (C=O) groups is 2. The third kappa shape index (κ3) is 3.25. The highest BCUT2D eigenvalue weighted by Crippen LogP contribution is 2.16. The Hall–Kier alpha value is -1.52. The van der Waals surface area contributed by atoms with Gasteiger partial charge in [-0.15, -0.1) is 6.58 Å². The topological polar surface area (TPSA) is 64.6 Å². The molecule has 0 aromatic heterocycles. The number of ether oxygens (including phenoxy) is 2. The first kappa shape index (κ1) is 12.5. The minimum Gasteiger partial charge on any atom is -0.463 e. The Bertz CT molecular complexity index is 306. The number of hydrogen-bond acceptors (Lipinski definition) is 4. The second-order valence-electron chi connectivity index (χ2n) is 4.65. The zero-order chi connectivity index (χ0) is 12.3. The number of alkyl carbamates (subject to hydrolysis) is 1. The van der Waals surface area contributed by atoms with E-state index in [1.54, 1.807) is 26.8 Å². The zero-order valence-corrected chi connectivity index (χ0v) is 9.78. The van der Waals surface area contributed by atoms with Crippen LogP contribution in [0.25, 0.3) is 0 Å². The highest BCUT2D eigenvalue weighted by Gasteiger charge is 2.37. The molecule has 90 valence electrons. The van der Waals surface area contributed by atoms with Crippen molar-refractivity contribution in [2.45, 2.75) is 32.4 Å². The van der Waals surface area contributed by atoms with Crippen molar-refractivity contribution in [3.8, 4) is 0 Å². The summed E-state index contributed by atoms with van der Waals surface area (Å²) in [4.78, 5) is 22.8. The minimum absolute atomic E-state index is 0.194. The summed E-state index contributed by atoms with van der Waals surface area (Å²) < 4.78 is 9.87. The molecule has 1 aliphatic heterocycles. The maximum Gasteiger partial charge on any atom is 0.408 e. The normalized spacial score (nSPS) is 24.8. The van der Waals surface area contributed by atoms with Crippen LogP contribution in [0.2, 0.25) is 0 Å². The lowest BCUT2D eigenvalue weighted by Crippen LogP contribution is -2.44. The van der Waals surface area contributed by atoms with E-state index in [4.69, 9.17) is 9.47 Å². The molecular weight excluding hydrogens is 210 g/mol. The number of amides is 1. The average Bonchev–Trinajstić information content (AvgIpc) is 2.44. The number of nitrogens with one attached hydrogen (secondary N) is 1. The van der Waals surface area contributed by atoms with E-state index in [2.05, 4.69) is 11.9 Å². The molecule has 5 heteroatoms. The van der Waals surface area contributed by atoms with E-state index in [9.17, 15) is 9.59 Å². The summed E-state index contributed by atoms with van der Waals surface area (Å²) in [6, 6.07) is -0.688. The van der Waals surface area contributed by atoms with Crippen LogP contribution in [-0.2, 0) is 14.3 Å². The van der Waals surface area contributed by atoms with Gasteiger partial charge in [0.2, 0.25) is 0 Å². The van der Waals surface area contributed by atoms with Gasteiger partial charge in [-0.1, -0.05) is 6.08 Å². The highest BCUT2D eigenvalue weighted by molar-refractivity contribution is 5.83. The third-order valence-electron chi connectivity index (χ3n) is 2.08. The van der Waals surface area contributed by atoms with E-state index in [-0.39, 0.29) is 12.5 Å². The lowest BCUT2D eigenvalue weighted by Gasteiger charge is -2.21. The van der Waals surface area contributed by atoms with Gasteiger partial charge in [-0.25, -0.2) is 9.59 Å². The third-order valence-corrected chi connectivity index (χ3v) is 2.08. The predicted octanol–water partition coefficient (Wildman–Crippen LogP) is 1.24. The number of rotatable bonds is 2. The van der Waals surface area contributed by atoms with Crippen LogP contribution in [0.3, 0.4) is 0 Å². The molecule has 1 aliphatic rings. The van der Waals surface area contributed by atoms with Crippen LogP contribution >= 0.6 is 0 Å². The molecule has 2 atom stereocenters. The van der Waals surface area contributed by atoms with E-state index in [0.717, 1.165) is 0 Å². The van der Waals surface area contributed by atoms with Crippen molar-refractivity contribution in [3.63, 3.8) is 0 Å². The first-order valence-electron chi connectivity index (χ1n) is 5.12. The van der Waals surface area contributed by atoms with Gasteiger partial charge >= 0.3 is 12.1 Å². The summed E-state index contributed by atoms with van der Waals surface area (Å²) in [5, 5.41) is 2.48. The maximum atomic E-state index is 11.4. The van der Waals surface area contributed by atoms with Crippen molar-refractivity contribution in [1.29, 1.82) is 0 Å². The van der Waals surface area contributed by atoms with Crippen molar-refractivity contribution in [2.75, 3.05) is 6.61 Å². The van der Waals surface area contributed by atoms with Gasteiger partial charge in [-0.2, -0.15) is 0 Å². The second-order valence-corrected chi connectivity index (χ2v) is 4.65. The first-order chi connectivity index (χ1) is 7.33. The Morgan fingerprint density at radius 2 is 2.25 bits per heavy atom. The fraction of sp³-hybridized carbons (Fsp3) is 0.636. The number of esters is 1. The fourth-order valence-electron chi connectivity index (χ4n) is 1.34. The largest absolute Gasteiger partial charge is 0.463 e. The predicted molar refractivity (Wildman–Crippen MR) is 57.8 cm³/mol. The Labute approximate surface area is 94.8 Å². The summed E-state index contributed by atoms with van der Waals surface area (Å²) in [5.74, 6) is -0.643.